The van der Waals surface area contributed by atoms with Gasteiger partial charge in [-0.3, -0.25) is 0 Å². The number of hydrogen-bond acceptors (Lipinski definition) is 0. The summed E-state index contributed by atoms with van der Waals surface area (Å²) in [5, 5.41) is 0.837. The summed E-state index contributed by atoms with van der Waals surface area (Å²) >= 11 is 4.86. The van der Waals surface area contributed by atoms with Crippen molar-refractivity contribution in [2.75, 3.05) is 0 Å². The van der Waals surface area contributed by atoms with E-state index < -0.39 is 19.6 Å². The molecule has 0 N–H and O–H groups in total. The van der Waals surface area contributed by atoms with E-state index in [1.54, 1.807) is 0 Å². The standard InChI is InChI=1S/C8H10ClTe/c1-10(2)8-5-3-7(9)4-6-8/h3-6H,1-2H3/q+1. The molecule has 54 valence electrons. The Kier molecular flexibility index (Phi) is 3.04. The van der Waals surface area contributed by atoms with Gasteiger partial charge in [-0.1, -0.05) is 0 Å². The first kappa shape index (κ1) is 8.40. The van der Waals surface area contributed by atoms with Crippen LogP contribution in [0.3, 0.4) is 0 Å². The SMILES string of the molecule is C[Te+](C)c1ccc(Cl)cc1. The van der Waals surface area contributed by atoms with Crippen LogP contribution in [0.4, 0.5) is 0 Å². The van der Waals surface area contributed by atoms with Crippen molar-refractivity contribution in [2.45, 2.75) is 9.94 Å². The van der Waals surface area contributed by atoms with Crippen molar-refractivity contribution in [3.63, 3.8) is 0 Å². The van der Waals surface area contributed by atoms with E-state index in [0.717, 1.165) is 5.02 Å². The van der Waals surface area contributed by atoms with Crippen LogP contribution in [0.1, 0.15) is 0 Å². The summed E-state index contributed by atoms with van der Waals surface area (Å²) in [7, 11) is 0. The second-order valence-corrected chi connectivity index (χ2v) is 8.71. The molecule has 0 aliphatic heterocycles. The zero-order chi connectivity index (χ0) is 7.56. The summed E-state index contributed by atoms with van der Waals surface area (Å²) in [5.74, 6) is 0. The minimum absolute atomic E-state index is 0.837. The third kappa shape index (κ3) is 2.16. The molecule has 0 atom stereocenters. The van der Waals surface area contributed by atoms with E-state index in [4.69, 9.17) is 11.6 Å². The molecule has 0 saturated carbocycles. The van der Waals surface area contributed by atoms with Gasteiger partial charge in [-0.05, 0) is 0 Å². The summed E-state index contributed by atoms with van der Waals surface area (Å²) in [6.07, 6.45) is 0. The van der Waals surface area contributed by atoms with Crippen LogP contribution >= 0.6 is 11.6 Å². The Balaban J connectivity index is 2.89. The molecule has 1 rings (SSSR count). The normalized spacial score (nSPS) is 10.4. The molecule has 10 heavy (non-hydrogen) atoms. The van der Waals surface area contributed by atoms with Crippen LogP contribution in [0, 0.1) is 0 Å². The molecule has 0 aromatic heterocycles. The first-order valence-electron chi connectivity index (χ1n) is 3.03. The summed E-state index contributed by atoms with van der Waals surface area (Å²) < 4.78 is 1.51. The molecule has 0 fully saturated rings. The Bertz CT molecular complexity index is 203. The van der Waals surface area contributed by atoms with E-state index in [0.29, 0.717) is 0 Å². The molecule has 2 heteroatoms. The summed E-state index contributed by atoms with van der Waals surface area (Å²) in [6.45, 7) is 0. The average molecular weight is 269 g/mol. The zero-order valence-electron chi connectivity index (χ0n) is 6.10. The first-order chi connectivity index (χ1) is 4.70. The zero-order valence-corrected chi connectivity index (χ0v) is 9.18. The van der Waals surface area contributed by atoms with Gasteiger partial charge < -0.3 is 0 Å². The first-order valence-corrected chi connectivity index (χ1v) is 9.23. The van der Waals surface area contributed by atoms with Crippen molar-refractivity contribution in [2.24, 2.45) is 0 Å². The third-order valence-electron chi connectivity index (χ3n) is 1.29. The van der Waals surface area contributed by atoms with Crippen molar-refractivity contribution in [3.05, 3.63) is 29.3 Å². The molecule has 1 aromatic rings. The quantitative estimate of drug-likeness (QED) is 0.686. The molecule has 0 nitrogen and oxygen atoms in total. The minimum atomic E-state index is -0.878. The van der Waals surface area contributed by atoms with Gasteiger partial charge in [-0.15, -0.1) is 0 Å². The van der Waals surface area contributed by atoms with Crippen molar-refractivity contribution < 1.29 is 0 Å². The third-order valence-corrected chi connectivity index (χ3v) is 5.00. The summed E-state index contributed by atoms with van der Waals surface area (Å²) in [5.41, 5.74) is 0. The molecule has 0 spiro atoms. The Morgan fingerprint density at radius 1 is 1.10 bits per heavy atom. The van der Waals surface area contributed by atoms with Crippen LogP contribution in [-0.2, 0) is 0 Å². The van der Waals surface area contributed by atoms with E-state index in [-0.39, 0.29) is 0 Å². The summed E-state index contributed by atoms with van der Waals surface area (Å²) in [6, 6.07) is 8.22. The van der Waals surface area contributed by atoms with Crippen LogP contribution in [0.25, 0.3) is 0 Å². The van der Waals surface area contributed by atoms with E-state index >= 15 is 0 Å². The topological polar surface area (TPSA) is 0 Å². The average Bonchev–Trinajstić information content (AvgIpc) is 1.88. The molecule has 0 heterocycles. The van der Waals surface area contributed by atoms with Gasteiger partial charge >= 0.3 is 74.0 Å². The second kappa shape index (κ2) is 3.62. The van der Waals surface area contributed by atoms with Crippen molar-refractivity contribution in [1.82, 2.24) is 0 Å². The van der Waals surface area contributed by atoms with Crippen molar-refractivity contribution in [1.29, 1.82) is 0 Å². The van der Waals surface area contributed by atoms with Crippen LogP contribution in [0.15, 0.2) is 24.3 Å². The fourth-order valence-corrected chi connectivity index (χ4v) is 2.77. The van der Waals surface area contributed by atoms with E-state index in [1.807, 2.05) is 12.1 Å². The van der Waals surface area contributed by atoms with Crippen LogP contribution < -0.4 is 3.61 Å². The van der Waals surface area contributed by atoms with E-state index in [2.05, 4.69) is 22.1 Å². The monoisotopic (exact) mass is 271 g/mol. The van der Waals surface area contributed by atoms with Gasteiger partial charge in [-0.2, -0.15) is 0 Å². The predicted molar refractivity (Wildman–Crippen MR) is 48.6 cm³/mol. The second-order valence-electron chi connectivity index (χ2n) is 2.27. The molecule has 0 amide bonds. The number of benzene rings is 1. The maximum atomic E-state index is 5.74. The molecular formula is C8H10ClTe+. The Morgan fingerprint density at radius 3 is 2.00 bits per heavy atom. The molecule has 0 bridgehead atoms. The van der Waals surface area contributed by atoms with Gasteiger partial charge in [0, 0.05) is 0 Å². The van der Waals surface area contributed by atoms with Gasteiger partial charge in [0.1, 0.15) is 0 Å². The molecule has 1 aromatic carbocycles. The Hall–Kier alpha value is 0.300. The van der Waals surface area contributed by atoms with Gasteiger partial charge in [0.2, 0.25) is 0 Å². The molecule has 0 aliphatic rings. The predicted octanol–water partition coefficient (Wildman–Crippen LogP) is 2.30. The van der Waals surface area contributed by atoms with Gasteiger partial charge in [0.15, 0.2) is 0 Å². The molecule has 0 saturated heterocycles. The van der Waals surface area contributed by atoms with E-state index in [1.165, 1.54) is 3.61 Å². The van der Waals surface area contributed by atoms with Crippen LogP contribution in [0.2, 0.25) is 15.0 Å². The van der Waals surface area contributed by atoms with Gasteiger partial charge in [0.25, 0.3) is 0 Å². The molecule has 0 radical (unpaired) electrons. The maximum absolute atomic E-state index is 5.74. The van der Waals surface area contributed by atoms with Gasteiger partial charge in [0.05, 0.1) is 0 Å². The Morgan fingerprint density at radius 2 is 1.60 bits per heavy atom. The van der Waals surface area contributed by atoms with Crippen LogP contribution in [-0.4, -0.2) is 19.6 Å². The van der Waals surface area contributed by atoms with E-state index in [9.17, 15) is 0 Å². The molecule has 0 unspecified atom stereocenters. The fourth-order valence-electron chi connectivity index (χ4n) is 0.707. The van der Waals surface area contributed by atoms with Crippen molar-refractivity contribution >= 4 is 34.8 Å². The number of hydrogen-bond donors (Lipinski definition) is 0. The summed E-state index contributed by atoms with van der Waals surface area (Å²) in [4.78, 5) is 4.68. The van der Waals surface area contributed by atoms with Crippen molar-refractivity contribution in [3.8, 4) is 0 Å². The number of rotatable bonds is 1. The number of halogens is 1. The van der Waals surface area contributed by atoms with Gasteiger partial charge in [-0.25, -0.2) is 0 Å². The van der Waals surface area contributed by atoms with Crippen LogP contribution in [0.5, 0.6) is 0 Å². The fraction of sp³-hybridized carbons (Fsp3) is 0.250. The Labute approximate surface area is 73.8 Å². The molecule has 0 aliphatic carbocycles. The molecular weight excluding hydrogens is 259 g/mol.